The van der Waals surface area contributed by atoms with Crippen LogP contribution in [0.5, 0.6) is 0 Å². The van der Waals surface area contributed by atoms with Gasteiger partial charge in [0.1, 0.15) is 13.2 Å². The van der Waals surface area contributed by atoms with Crippen molar-refractivity contribution in [1.29, 1.82) is 0 Å². The smallest absolute Gasteiger partial charge is 0.306 e. The lowest BCUT2D eigenvalue weighted by Gasteiger charge is -2.18. The van der Waals surface area contributed by atoms with Crippen molar-refractivity contribution in [3.8, 4) is 0 Å². The zero-order chi connectivity index (χ0) is 47.2. The Kier molecular flexibility index (Phi) is 50.9. The summed E-state index contributed by atoms with van der Waals surface area (Å²) >= 11 is 0. The van der Waals surface area contributed by atoms with Crippen LogP contribution in [0.3, 0.4) is 0 Å². The molecule has 0 aromatic heterocycles. The molecular weight excluding hydrogens is 805 g/mol. The quantitative estimate of drug-likeness (QED) is 0.0199. The third kappa shape index (κ3) is 51.7. The fourth-order valence-corrected chi connectivity index (χ4v) is 7.63. The molecule has 0 aromatic carbocycles. The molecule has 0 saturated heterocycles. The lowest BCUT2D eigenvalue weighted by atomic mass is 10.0. The number of allylic oxidation sites excluding steroid dienone is 12. The van der Waals surface area contributed by atoms with Gasteiger partial charge < -0.3 is 14.2 Å². The van der Waals surface area contributed by atoms with E-state index < -0.39 is 6.10 Å². The predicted octanol–water partition coefficient (Wildman–Crippen LogP) is 18.2. The van der Waals surface area contributed by atoms with Gasteiger partial charge in [-0.15, -0.1) is 0 Å². The topological polar surface area (TPSA) is 78.9 Å². The highest BCUT2D eigenvalue weighted by Gasteiger charge is 2.19. The number of carbonyl (C=O) groups excluding carboxylic acids is 3. The SMILES string of the molecule is CC/C=C\C/C=C\C/C=C\CCCCC(=O)OCC(COC(=O)CCCCCCC\C=C/C=C\C=C/CCCCCCC)OC(=O)CCCCCCCCCCCCCCCCCCC. The van der Waals surface area contributed by atoms with Crippen molar-refractivity contribution in [2.75, 3.05) is 13.2 Å². The Morgan fingerprint density at radius 3 is 1.09 bits per heavy atom. The first-order valence-corrected chi connectivity index (χ1v) is 27.5. The van der Waals surface area contributed by atoms with Crippen LogP contribution in [0.15, 0.2) is 72.9 Å². The number of carbonyl (C=O) groups is 3. The standard InChI is InChI=1S/C59H102O6/c1-4-7-10-13-16-19-22-25-27-29-31-32-34-37-40-43-46-49-52-58(61)64-55-56(54-63-57(60)51-48-45-42-39-36-24-21-18-15-12-9-6-3)65-59(62)53-50-47-44-41-38-35-33-30-28-26-23-20-17-14-11-8-5-2/h9,12,18,21-22,25,27,29,31-32,36,39,56H,4-8,10-11,13-17,19-20,23-24,26,28,30,33-35,37-38,40-55H2,1-3H3/b12-9-,21-18-,25-22-,29-27-,32-31-,39-36-. The van der Waals surface area contributed by atoms with Gasteiger partial charge in [-0.1, -0.05) is 241 Å². The fraction of sp³-hybridized carbons (Fsp3) is 0.746. The molecule has 0 N–H and O–H groups in total. The maximum atomic E-state index is 12.8. The molecule has 65 heavy (non-hydrogen) atoms. The van der Waals surface area contributed by atoms with Crippen LogP contribution < -0.4 is 0 Å². The van der Waals surface area contributed by atoms with Gasteiger partial charge >= 0.3 is 17.9 Å². The summed E-state index contributed by atoms with van der Waals surface area (Å²) < 4.78 is 16.8. The number of ether oxygens (including phenoxy) is 3. The van der Waals surface area contributed by atoms with E-state index in [1.807, 2.05) is 0 Å². The predicted molar refractivity (Wildman–Crippen MR) is 279 cm³/mol. The van der Waals surface area contributed by atoms with Crippen molar-refractivity contribution in [2.45, 2.75) is 271 Å². The van der Waals surface area contributed by atoms with Crippen LogP contribution >= 0.6 is 0 Å². The van der Waals surface area contributed by atoms with Crippen LogP contribution in [0.1, 0.15) is 265 Å². The van der Waals surface area contributed by atoms with Crippen molar-refractivity contribution in [3.05, 3.63) is 72.9 Å². The normalized spacial score (nSPS) is 12.6. The van der Waals surface area contributed by atoms with Crippen LogP contribution in [0.2, 0.25) is 0 Å². The highest BCUT2D eigenvalue weighted by atomic mass is 16.6. The Hall–Kier alpha value is -3.15. The van der Waals surface area contributed by atoms with Gasteiger partial charge in [0.25, 0.3) is 0 Å². The summed E-state index contributed by atoms with van der Waals surface area (Å²) in [5.41, 5.74) is 0. The molecule has 0 fully saturated rings. The number of esters is 3. The molecule has 0 aromatic rings. The van der Waals surface area contributed by atoms with E-state index in [4.69, 9.17) is 14.2 Å². The van der Waals surface area contributed by atoms with E-state index in [1.54, 1.807) is 0 Å². The zero-order valence-corrected chi connectivity index (χ0v) is 42.7. The molecule has 0 aliphatic carbocycles. The molecule has 0 aliphatic heterocycles. The maximum Gasteiger partial charge on any atom is 0.306 e. The van der Waals surface area contributed by atoms with Crippen molar-refractivity contribution < 1.29 is 28.6 Å². The number of hydrogen-bond donors (Lipinski definition) is 0. The molecule has 1 unspecified atom stereocenters. The van der Waals surface area contributed by atoms with Gasteiger partial charge in [0.2, 0.25) is 0 Å². The average molecular weight is 907 g/mol. The second-order valence-corrected chi connectivity index (χ2v) is 18.2. The summed E-state index contributed by atoms with van der Waals surface area (Å²) in [7, 11) is 0. The molecule has 0 bridgehead atoms. The van der Waals surface area contributed by atoms with Crippen LogP contribution in [-0.4, -0.2) is 37.2 Å². The number of rotatable bonds is 49. The number of unbranched alkanes of at least 4 members (excludes halogenated alkanes) is 28. The minimum absolute atomic E-state index is 0.0966. The second kappa shape index (κ2) is 53.5. The Morgan fingerprint density at radius 1 is 0.338 bits per heavy atom. The van der Waals surface area contributed by atoms with Crippen LogP contribution in [0, 0.1) is 0 Å². The summed E-state index contributed by atoms with van der Waals surface area (Å²) in [6.45, 7) is 6.47. The lowest BCUT2D eigenvalue weighted by Crippen LogP contribution is -2.30. The summed E-state index contributed by atoms with van der Waals surface area (Å²) in [5, 5.41) is 0. The van der Waals surface area contributed by atoms with E-state index in [2.05, 4.69) is 93.7 Å². The van der Waals surface area contributed by atoms with E-state index in [1.165, 1.54) is 122 Å². The van der Waals surface area contributed by atoms with Gasteiger partial charge in [-0.05, 0) is 77.0 Å². The first kappa shape index (κ1) is 61.9. The molecule has 0 rings (SSSR count). The molecule has 0 heterocycles. The third-order valence-corrected chi connectivity index (χ3v) is 11.8. The Morgan fingerprint density at radius 2 is 0.662 bits per heavy atom. The average Bonchev–Trinajstić information content (AvgIpc) is 3.30. The van der Waals surface area contributed by atoms with E-state index >= 15 is 0 Å². The van der Waals surface area contributed by atoms with E-state index in [9.17, 15) is 14.4 Å². The van der Waals surface area contributed by atoms with Gasteiger partial charge in [0.15, 0.2) is 6.10 Å². The highest BCUT2D eigenvalue weighted by Crippen LogP contribution is 2.16. The molecule has 0 amide bonds. The second-order valence-electron chi connectivity index (χ2n) is 18.2. The van der Waals surface area contributed by atoms with Crippen molar-refractivity contribution in [1.82, 2.24) is 0 Å². The monoisotopic (exact) mass is 907 g/mol. The summed E-state index contributed by atoms with van der Waals surface area (Å²) in [6.07, 6.45) is 67.5. The Balaban J connectivity index is 4.42. The van der Waals surface area contributed by atoms with E-state index in [0.29, 0.717) is 19.3 Å². The van der Waals surface area contributed by atoms with Gasteiger partial charge in [0.05, 0.1) is 0 Å². The van der Waals surface area contributed by atoms with Crippen LogP contribution in [-0.2, 0) is 28.6 Å². The fourth-order valence-electron chi connectivity index (χ4n) is 7.63. The van der Waals surface area contributed by atoms with E-state index in [-0.39, 0.29) is 31.1 Å². The lowest BCUT2D eigenvalue weighted by molar-refractivity contribution is -0.167. The minimum Gasteiger partial charge on any atom is -0.462 e. The minimum atomic E-state index is -0.797. The molecule has 374 valence electrons. The van der Waals surface area contributed by atoms with Gasteiger partial charge in [-0.2, -0.15) is 0 Å². The van der Waals surface area contributed by atoms with Crippen molar-refractivity contribution in [3.63, 3.8) is 0 Å². The Bertz CT molecular complexity index is 1230. The molecular formula is C59H102O6. The molecule has 0 spiro atoms. The van der Waals surface area contributed by atoms with Crippen molar-refractivity contribution in [2.24, 2.45) is 0 Å². The van der Waals surface area contributed by atoms with Crippen LogP contribution in [0.25, 0.3) is 0 Å². The highest BCUT2D eigenvalue weighted by molar-refractivity contribution is 5.71. The summed E-state index contributed by atoms with van der Waals surface area (Å²) in [4.78, 5) is 38.0. The van der Waals surface area contributed by atoms with Gasteiger partial charge in [-0.3, -0.25) is 14.4 Å². The van der Waals surface area contributed by atoms with Crippen molar-refractivity contribution >= 4 is 17.9 Å². The first-order valence-electron chi connectivity index (χ1n) is 27.5. The van der Waals surface area contributed by atoms with Crippen LogP contribution in [0.4, 0.5) is 0 Å². The molecule has 0 radical (unpaired) electrons. The summed E-state index contributed by atoms with van der Waals surface area (Å²) in [5.74, 6) is -0.948. The zero-order valence-electron chi connectivity index (χ0n) is 42.7. The molecule has 6 nitrogen and oxygen atoms in total. The molecule has 1 atom stereocenters. The Labute approximate surface area is 402 Å². The maximum absolute atomic E-state index is 12.8. The number of hydrogen-bond acceptors (Lipinski definition) is 6. The molecule has 6 heteroatoms. The van der Waals surface area contributed by atoms with Gasteiger partial charge in [-0.25, -0.2) is 0 Å². The molecule has 0 aliphatic rings. The third-order valence-electron chi connectivity index (χ3n) is 11.8. The van der Waals surface area contributed by atoms with E-state index in [0.717, 1.165) is 103 Å². The van der Waals surface area contributed by atoms with Gasteiger partial charge in [0, 0.05) is 19.3 Å². The molecule has 0 saturated carbocycles. The first-order chi connectivity index (χ1) is 32.0. The largest absolute Gasteiger partial charge is 0.462 e. The summed E-state index contributed by atoms with van der Waals surface area (Å²) in [6, 6.07) is 0.